The Balaban J connectivity index is 1.70. The number of benzene rings is 3. The maximum Gasteiger partial charge on any atom is 0.271 e. The van der Waals surface area contributed by atoms with Crippen LogP contribution in [0.5, 0.6) is 34.5 Å². The van der Waals surface area contributed by atoms with Gasteiger partial charge in [-0.1, -0.05) is 0 Å². The van der Waals surface area contributed by atoms with Gasteiger partial charge in [0.1, 0.15) is 0 Å². The van der Waals surface area contributed by atoms with E-state index in [-0.39, 0.29) is 5.91 Å². The van der Waals surface area contributed by atoms with Crippen LogP contribution in [0.2, 0.25) is 0 Å². The van der Waals surface area contributed by atoms with Gasteiger partial charge in [-0.15, -0.1) is 0 Å². The van der Waals surface area contributed by atoms with Gasteiger partial charge in [-0.05, 0) is 62.4 Å². The fourth-order valence-electron chi connectivity index (χ4n) is 3.75. The van der Waals surface area contributed by atoms with Gasteiger partial charge in [0.15, 0.2) is 23.0 Å². The van der Waals surface area contributed by atoms with Gasteiger partial charge in [-0.3, -0.25) is 10.2 Å². The number of hydrogen-bond acceptors (Lipinski definition) is 10. The summed E-state index contributed by atoms with van der Waals surface area (Å²) in [5.41, 5.74) is 9.44. The van der Waals surface area contributed by atoms with Gasteiger partial charge in [0.2, 0.25) is 11.5 Å². The van der Waals surface area contributed by atoms with Gasteiger partial charge in [-0.25, -0.2) is 5.43 Å². The summed E-state index contributed by atoms with van der Waals surface area (Å²) in [6.45, 7) is 3.62. The Morgan fingerprint density at radius 2 is 0.975 bits per heavy atom. The molecule has 0 saturated carbocycles. The van der Waals surface area contributed by atoms with Crippen molar-refractivity contribution in [3.05, 3.63) is 65.2 Å². The van der Waals surface area contributed by atoms with E-state index in [1.807, 2.05) is 19.1 Å². The summed E-state index contributed by atoms with van der Waals surface area (Å²) in [7, 11) is 9.27. The quantitative estimate of drug-likeness (QED) is 0.245. The highest BCUT2D eigenvalue weighted by Gasteiger charge is 2.16. The Kier molecular flexibility index (Phi) is 10.2. The zero-order valence-electron chi connectivity index (χ0n) is 23.9. The summed E-state index contributed by atoms with van der Waals surface area (Å²) in [6.07, 6.45) is 0. The summed E-state index contributed by atoms with van der Waals surface area (Å²) in [4.78, 5) is 12.7. The Labute approximate surface area is 233 Å². The molecule has 0 fully saturated rings. The first-order valence-corrected chi connectivity index (χ1v) is 12.2. The van der Waals surface area contributed by atoms with Gasteiger partial charge in [0.05, 0.1) is 59.8 Å². The normalized spacial score (nSPS) is 11.4. The molecule has 0 aliphatic rings. The molecule has 1 amide bonds. The second-order valence-corrected chi connectivity index (χ2v) is 8.35. The third-order valence-corrected chi connectivity index (χ3v) is 5.99. The maximum atomic E-state index is 12.7. The molecule has 0 unspecified atom stereocenters. The Morgan fingerprint density at radius 3 is 1.35 bits per heavy atom. The van der Waals surface area contributed by atoms with Crippen molar-refractivity contribution in [2.24, 2.45) is 10.2 Å². The Hall–Kier alpha value is -4.93. The van der Waals surface area contributed by atoms with Crippen LogP contribution in [0.25, 0.3) is 0 Å². The molecule has 0 aromatic heterocycles. The number of rotatable bonds is 12. The second-order valence-electron chi connectivity index (χ2n) is 8.35. The van der Waals surface area contributed by atoms with Crippen LogP contribution in [0.1, 0.15) is 35.3 Å². The lowest BCUT2D eigenvalue weighted by atomic mass is 10.1. The number of methoxy groups -OCH3 is 6. The minimum Gasteiger partial charge on any atom is -0.493 e. The number of hydrogen-bond donors (Lipinski definition) is 2. The topological polar surface area (TPSA) is 121 Å². The molecule has 0 aliphatic carbocycles. The van der Waals surface area contributed by atoms with E-state index in [4.69, 9.17) is 28.4 Å². The number of anilines is 1. The van der Waals surface area contributed by atoms with Crippen molar-refractivity contribution < 1.29 is 33.2 Å². The fraction of sp³-hybridized carbons (Fsp3) is 0.276. The molecule has 11 nitrogen and oxygen atoms in total. The van der Waals surface area contributed by atoms with E-state index >= 15 is 0 Å². The first-order chi connectivity index (χ1) is 19.3. The molecular formula is C29H34N4O7. The zero-order valence-corrected chi connectivity index (χ0v) is 23.9. The lowest BCUT2D eigenvalue weighted by Crippen LogP contribution is -2.19. The lowest BCUT2D eigenvalue weighted by Gasteiger charge is -2.14. The van der Waals surface area contributed by atoms with E-state index in [1.165, 1.54) is 21.3 Å². The number of carbonyl (C=O) groups is 1. The molecule has 0 saturated heterocycles. The van der Waals surface area contributed by atoms with Crippen LogP contribution < -0.4 is 39.3 Å². The van der Waals surface area contributed by atoms with Crippen LogP contribution >= 0.6 is 0 Å². The summed E-state index contributed by atoms with van der Waals surface area (Å²) >= 11 is 0. The largest absolute Gasteiger partial charge is 0.493 e. The zero-order chi connectivity index (χ0) is 29.2. The minimum absolute atomic E-state index is 0.365. The number of amides is 1. The third kappa shape index (κ3) is 6.73. The molecule has 3 aromatic rings. The van der Waals surface area contributed by atoms with E-state index < -0.39 is 0 Å². The summed E-state index contributed by atoms with van der Waals surface area (Å²) < 4.78 is 32.3. The highest BCUT2D eigenvalue weighted by molar-refractivity contribution is 6.02. The van der Waals surface area contributed by atoms with E-state index in [2.05, 4.69) is 21.1 Å². The first kappa shape index (κ1) is 29.6. The Morgan fingerprint density at radius 1 is 0.575 bits per heavy atom. The smallest absolute Gasteiger partial charge is 0.271 e. The van der Waals surface area contributed by atoms with Crippen molar-refractivity contribution in [1.82, 2.24) is 5.43 Å². The molecule has 40 heavy (non-hydrogen) atoms. The van der Waals surface area contributed by atoms with E-state index in [0.717, 1.165) is 5.56 Å². The number of nitrogens with zero attached hydrogens (tertiary/aromatic N) is 2. The van der Waals surface area contributed by atoms with E-state index in [9.17, 15) is 4.79 Å². The third-order valence-electron chi connectivity index (χ3n) is 5.99. The highest BCUT2D eigenvalue weighted by atomic mass is 16.5. The van der Waals surface area contributed by atoms with Gasteiger partial charge in [-0.2, -0.15) is 10.2 Å². The predicted molar refractivity (Wildman–Crippen MR) is 154 cm³/mol. The molecule has 212 valence electrons. The van der Waals surface area contributed by atoms with Crippen molar-refractivity contribution in [2.75, 3.05) is 48.1 Å². The molecule has 0 spiro atoms. The molecule has 3 rings (SSSR count). The monoisotopic (exact) mass is 550 g/mol. The average Bonchev–Trinajstić information content (AvgIpc) is 3.00. The van der Waals surface area contributed by atoms with Crippen molar-refractivity contribution in [1.29, 1.82) is 0 Å². The van der Waals surface area contributed by atoms with Crippen LogP contribution in [0.4, 0.5) is 5.69 Å². The summed E-state index contributed by atoms with van der Waals surface area (Å²) in [5, 5.41) is 8.67. The predicted octanol–water partition coefficient (Wildman–Crippen LogP) is 4.73. The second kappa shape index (κ2) is 13.7. The first-order valence-electron chi connectivity index (χ1n) is 12.2. The average molecular weight is 551 g/mol. The number of carbonyl (C=O) groups excluding carboxylic acids is 1. The molecule has 2 N–H and O–H groups in total. The fourth-order valence-corrected chi connectivity index (χ4v) is 3.75. The van der Waals surface area contributed by atoms with E-state index in [1.54, 1.807) is 64.7 Å². The molecule has 3 aromatic carbocycles. The lowest BCUT2D eigenvalue weighted by molar-refractivity contribution is 0.0955. The molecule has 0 atom stereocenters. The molecule has 0 bridgehead atoms. The minimum atomic E-state index is -0.365. The Bertz CT molecular complexity index is 1350. The molecule has 0 radical (unpaired) electrons. The highest BCUT2D eigenvalue weighted by Crippen LogP contribution is 2.39. The molecule has 0 aliphatic heterocycles. The number of ether oxygens (including phenoxy) is 6. The van der Waals surface area contributed by atoms with Crippen LogP contribution in [0.3, 0.4) is 0 Å². The molecule has 11 heteroatoms. The van der Waals surface area contributed by atoms with Crippen molar-refractivity contribution >= 4 is 23.0 Å². The van der Waals surface area contributed by atoms with Crippen LogP contribution in [0.15, 0.2) is 58.7 Å². The van der Waals surface area contributed by atoms with Crippen molar-refractivity contribution in [2.45, 2.75) is 13.8 Å². The van der Waals surface area contributed by atoms with Crippen LogP contribution in [-0.2, 0) is 0 Å². The van der Waals surface area contributed by atoms with Crippen LogP contribution in [0, 0.1) is 0 Å². The maximum absolute atomic E-state index is 12.7. The summed E-state index contributed by atoms with van der Waals surface area (Å²) in [6, 6.07) is 14.0. The van der Waals surface area contributed by atoms with Crippen molar-refractivity contribution in [3.63, 3.8) is 0 Å². The number of nitrogens with one attached hydrogen (secondary N) is 2. The SMILES string of the molecule is COc1cc(/C(C)=N\Nc2ccc(C(=O)N/N=C(\C)c3cc(OC)c(OC)c(OC)c3)cc2)cc(OC)c1OC. The van der Waals surface area contributed by atoms with E-state index in [0.29, 0.717) is 62.7 Å². The summed E-state index contributed by atoms with van der Waals surface area (Å²) in [5.74, 6) is 2.66. The van der Waals surface area contributed by atoms with Gasteiger partial charge < -0.3 is 28.4 Å². The van der Waals surface area contributed by atoms with Gasteiger partial charge in [0, 0.05) is 16.7 Å². The van der Waals surface area contributed by atoms with Gasteiger partial charge >= 0.3 is 0 Å². The molecular weight excluding hydrogens is 516 g/mol. The standard InChI is InChI=1S/C29H34N4O7/c1-17(20-13-23(35-3)27(39-7)24(14-20)36-4)30-32-22-11-9-19(10-12-22)29(34)33-31-18(2)21-15-25(37-5)28(40-8)26(16-21)38-6/h9-16,32H,1-8H3,(H,33,34)/b30-17-,31-18+. The van der Waals surface area contributed by atoms with Crippen molar-refractivity contribution in [3.8, 4) is 34.5 Å². The molecule has 0 heterocycles. The number of hydrazone groups is 2. The van der Waals surface area contributed by atoms with Gasteiger partial charge in [0.25, 0.3) is 5.91 Å². The van der Waals surface area contributed by atoms with Crippen LogP contribution in [-0.4, -0.2) is 60.0 Å².